The number of carbonyl (C=O) groups excluding carboxylic acids is 1. The number of nitrogens with zero attached hydrogens (tertiary/aromatic N) is 2. The van der Waals surface area contributed by atoms with Gasteiger partial charge in [0, 0.05) is 28.5 Å². The second-order valence-electron chi connectivity index (χ2n) is 8.07. The van der Waals surface area contributed by atoms with Gasteiger partial charge < -0.3 is 9.73 Å². The monoisotopic (exact) mass is 445 g/mol. The van der Waals surface area contributed by atoms with Crippen molar-refractivity contribution >= 4 is 21.8 Å². The summed E-state index contributed by atoms with van der Waals surface area (Å²) in [6, 6.07) is 8.42. The molecule has 1 saturated heterocycles. The van der Waals surface area contributed by atoms with Gasteiger partial charge in [0.2, 0.25) is 11.8 Å². The quantitative estimate of drug-likeness (QED) is 0.725. The topological polar surface area (TPSA) is 58.4 Å². The summed E-state index contributed by atoms with van der Waals surface area (Å²) in [5, 5.41) is 3.26. The minimum absolute atomic E-state index is 0.160. The van der Waals surface area contributed by atoms with E-state index in [9.17, 15) is 4.79 Å². The fourth-order valence-electron chi connectivity index (χ4n) is 4.27. The molecule has 1 aromatic carbocycles. The number of amides is 1. The molecule has 6 heteroatoms. The Labute approximate surface area is 175 Å². The van der Waals surface area contributed by atoms with Crippen LogP contribution in [0.3, 0.4) is 0 Å². The molecule has 4 rings (SSSR count). The summed E-state index contributed by atoms with van der Waals surface area (Å²) in [5.74, 6) is 1.96. The number of aryl methyl sites for hydroxylation is 1. The number of nitrogens with one attached hydrogen (secondary N) is 1. The largest absolute Gasteiger partial charge is 0.441 e. The first-order valence-corrected chi connectivity index (χ1v) is 11.1. The molecule has 0 bridgehead atoms. The standard InChI is InChI=1S/C22H28BrN3O2/c1-15-20(25-22(28-15)17-5-4-6-18(23)13-17)14-26-11-9-16(10-12-26)21(27)24-19-7-2-3-8-19/h4-6,13,16,19H,2-3,7-12,14H2,1H3,(H,24,27). The third-order valence-corrected chi connectivity index (χ3v) is 6.49. The van der Waals surface area contributed by atoms with Crippen LogP contribution in [0.15, 0.2) is 33.2 Å². The van der Waals surface area contributed by atoms with Crippen LogP contribution in [0, 0.1) is 12.8 Å². The number of piperidine rings is 1. The van der Waals surface area contributed by atoms with Gasteiger partial charge in [-0.1, -0.05) is 34.8 Å². The lowest BCUT2D eigenvalue weighted by molar-refractivity contribution is -0.127. The number of halogens is 1. The minimum atomic E-state index is 0.160. The summed E-state index contributed by atoms with van der Waals surface area (Å²) in [7, 11) is 0. The van der Waals surface area contributed by atoms with E-state index in [0.29, 0.717) is 11.9 Å². The first kappa shape index (κ1) is 19.6. The molecular weight excluding hydrogens is 418 g/mol. The molecule has 5 nitrogen and oxygen atoms in total. The maximum atomic E-state index is 12.5. The Hall–Kier alpha value is -1.66. The number of carbonyl (C=O) groups is 1. The van der Waals surface area contributed by atoms with Crippen LogP contribution in [-0.4, -0.2) is 34.9 Å². The van der Waals surface area contributed by atoms with Crippen molar-refractivity contribution in [3.8, 4) is 11.5 Å². The smallest absolute Gasteiger partial charge is 0.226 e. The van der Waals surface area contributed by atoms with Gasteiger partial charge in [-0.05, 0) is 63.9 Å². The molecule has 150 valence electrons. The Morgan fingerprint density at radius 1 is 1.25 bits per heavy atom. The average molecular weight is 446 g/mol. The maximum absolute atomic E-state index is 12.5. The predicted octanol–water partition coefficient (Wildman–Crippen LogP) is 4.68. The third-order valence-electron chi connectivity index (χ3n) is 6.00. The van der Waals surface area contributed by atoms with E-state index in [1.54, 1.807) is 0 Å². The molecular formula is C22H28BrN3O2. The SMILES string of the molecule is Cc1oc(-c2cccc(Br)c2)nc1CN1CCC(C(=O)NC2CCCC2)CC1. The number of hydrogen-bond acceptors (Lipinski definition) is 4. The fraction of sp³-hybridized carbons (Fsp3) is 0.545. The summed E-state index contributed by atoms with van der Waals surface area (Å²) in [6.45, 7) is 4.62. The van der Waals surface area contributed by atoms with Crippen molar-refractivity contribution in [1.29, 1.82) is 0 Å². The molecule has 2 fully saturated rings. The molecule has 0 radical (unpaired) electrons. The van der Waals surface area contributed by atoms with Gasteiger partial charge in [-0.15, -0.1) is 0 Å². The Bertz CT molecular complexity index is 821. The highest BCUT2D eigenvalue weighted by atomic mass is 79.9. The van der Waals surface area contributed by atoms with Crippen molar-refractivity contribution in [2.75, 3.05) is 13.1 Å². The zero-order valence-electron chi connectivity index (χ0n) is 16.4. The van der Waals surface area contributed by atoms with E-state index in [2.05, 4.69) is 26.1 Å². The van der Waals surface area contributed by atoms with Gasteiger partial charge in [0.15, 0.2) is 0 Å². The van der Waals surface area contributed by atoms with Gasteiger partial charge in [0.05, 0.1) is 5.69 Å². The molecule has 1 aliphatic heterocycles. The average Bonchev–Trinajstić information content (AvgIpc) is 3.32. The van der Waals surface area contributed by atoms with Crippen molar-refractivity contribution in [2.24, 2.45) is 5.92 Å². The Kier molecular flexibility index (Phi) is 6.16. The van der Waals surface area contributed by atoms with E-state index in [-0.39, 0.29) is 11.8 Å². The Morgan fingerprint density at radius 3 is 2.71 bits per heavy atom. The molecule has 0 unspecified atom stereocenters. The summed E-state index contributed by atoms with van der Waals surface area (Å²) in [6.07, 6.45) is 6.65. The fourth-order valence-corrected chi connectivity index (χ4v) is 4.67. The summed E-state index contributed by atoms with van der Waals surface area (Å²) >= 11 is 3.50. The highest BCUT2D eigenvalue weighted by molar-refractivity contribution is 9.10. The van der Waals surface area contributed by atoms with Gasteiger partial charge in [-0.25, -0.2) is 4.98 Å². The van der Waals surface area contributed by atoms with Gasteiger partial charge in [-0.3, -0.25) is 9.69 Å². The van der Waals surface area contributed by atoms with Crippen molar-refractivity contribution in [1.82, 2.24) is 15.2 Å². The Morgan fingerprint density at radius 2 is 2.00 bits per heavy atom. The lowest BCUT2D eigenvalue weighted by Gasteiger charge is -2.31. The molecule has 1 amide bonds. The summed E-state index contributed by atoms with van der Waals surface area (Å²) in [4.78, 5) is 19.6. The second-order valence-corrected chi connectivity index (χ2v) is 8.99. The normalized spacial score (nSPS) is 19.2. The lowest BCUT2D eigenvalue weighted by atomic mass is 9.95. The van der Waals surface area contributed by atoms with Gasteiger partial charge in [0.1, 0.15) is 5.76 Å². The van der Waals surface area contributed by atoms with E-state index in [0.717, 1.165) is 66.8 Å². The van der Waals surface area contributed by atoms with E-state index in [1.165, 1.54) is 12.8 Å². The van der Waals surface area contributed by atoms with Crippen LogP contribution < -0.4 is 5.32 Å². The lowest BCUT2D eigenvalue weighted by Crippen LogP contribution is -2.43. The number of aromatic nitrogens is 1. The minimum Gasteiger partial charge on any atom is -0.441 e. The molecule has 2 aliphatic rings. The van der Waals surface area contributed by atoms with Crippen molar-refractivity contribution in [3.63, 3.8) is 0 Å². The van der Waals surface area contributed by atoms with Gasteiger partial charge in [0.25, 0.3) is 0 Å². The first-order valence-electron chi connectivity index (χ1n) is 10.3. The van der Waals surface area contributed by atoms with Gasteiger partial charge >= 0.3 is 0 Å². The molecule has 1 N–H and O–H groups in total. The van der Waals surface area contributed by atoms with Crippen molar-refractivity contribution < 1.29 is 9.21 Å². The van der Waals surface area contributed by atoms with Crippen molar-refractivity contribution in [2.45, 2.75) is 58.0 Å². The van der Waals surface area contributed by atoms with Crippen LogP contribution in [0.5, 0.6) is 0 Å². The number of oxazole rings is 1. The summed E-state index contributed by atoms with van der Waals surface area (Å²) < 4.78 is 6.92. The molecule has 0 atom stereocenters. The highest BCUT2D eigenvalue weighted by Gasteiger charge is 2.28. The van der Waals surface area contributed by atoms with Crippen LogP contribution in [0.2, 0.25) is 0 Å². The van der Waals surface area contributed by atoms with E-state index in [4.69, 9.17) is 9.40 Å². The molecule has 28 heavy (non-hydrogen) atoms. The molecule has 1 saturated carbocycles. The van der Waals surface area contributed by atoms with Gasteiger partial charge in [-0.2, -0.15) is 0 Å². The van der Waals surface area contributed by atoms with Crippen LogP contribution in [0.1, 0.15) is 50.0 Å². The maximum Gasteiger partial charge on any atom is 0.226 e. The Balaban J connectivity index is 1.32. The third kappa shape index (κ3) is 4.66. The molecule has 1 aromatic heterocycles. The number of likely N-dealkylation sites (tertiary alicyclic amines) is 1. The summed E-state index contributed by atoms with van der Waals surface area (Å²) in [5.41, 5.74) is 1.97. The zero-order chi connectivity index (χ0) is 19.5. The molecule has 1 aliphatic carbocycles. The van der Waals surface area contributed by atoms with Crippen molar-refractivity contribution in [3.05, 3.63) is 40.2 Å². The van der Waals surface area contributed by atoms with Crippen LogP contribution >= 0.6 is 15.9 Å². The predicted molar refractivity (Wildman–Crippen MR) is 113 cm³/mol. The van der Waals surface area contributed by atoms with Crippen LogP contribution in [-0.2, 0) is 11.3 Å². The van der Waals surface area contributed by atoms with Crippen LogP contribution in [0.25, 0.3) is 11.5 Å². The molecule has 2 aromatic rings. The second kappa shape index (κ2) is 8.78. The number of rotatable bonds is 5. The van der Waals surface area contributed by atoms with Crippen LogP contribution in [0.4, 0.5) is 0 Å². The van der Waals surface area contributed by atoms with E-state index >= 15 is 0 Å². The first-order chi connectivity index (χ1) is 13.6. The highest BCUT2D eigenvalue weighted by Crippen LogP contribution is 2.27. The van der Waals surface area contributed by atoms with E-state index in [1.807, 2.05) is 31.2 Å². The zero-order valence-corrected chi connectivity index (χ0v) is 18.0. The molecule has 2 heterocycles. The van der Waals surface area contributed by atoms with E-state index < -0.39 is 0 Å². The molecule has 0 spiro atoms. The number of benzene rings is 1. The number of hydrogen-bond donors (Lipinski definition) is 1.